The summed E-state index contributed by atoms with van der Waals surface area (Å²) in [5, 5.41) is 11.7. The van der Waals surface area contributed by atoms with Gasteiger partial charge in [-0.1, -0.05) is 35.5 Å². The molecule has 0 saturated carbocycles. The van der Waals surface area contributed by atoms with E-state index < -0.39 is 0 Å². The summed E-state index contributed by atoms with van der Waals surface area (Å²) in [5.74, 6) is 1.27. The van der Waals surface area contributed by atoms with Crippen LogP contribution in [-0.2, 0) is 6.61 Å². The lowest BCUT2D eigenvalue weighted by Crippen LogP contribution is -2.00. The average Bonchev–Trinajstić information content (AvgIpc) is 2.48. The topological polar surface area (TPSA) is 51.0 Å². The highest BCUT2D eigenvalue weighted by Crippen LogP contribution is 2.31. The monoisotopic (exact) mass is 383 g/mol. The van der Waals surface area contributed by atoms with E-state index >= 15 is 0 Å². The first-order valence-corrected chi connectivity index (χ1v) is 7.04. The van der Waals surface area contributed by atoms with Gasteiger partial charge in [-0.05, 0) is 40.3 Å². The van der Waals surface area contributed by atoms with E-state index in [2.05, 4.69) is 27.7 Å². The van der Waals surface area contributed by atoms with Gasteiger partial charge in [0.15, 0.2) is 11.5 Å². The molecule has 2 rings (SSSR count). The van der Waals surface area contributed by atoms with E-state index in [4.69, 9.17) is 14.7 Å². The number of halogens is 1. The van der Waals surface area contributed by atoms with Gasteiger partial charge in [0.05, 0.1) is 13.3 Å². The number of nitrogens with zero attached hydrogens (tertiary/aromatic N) is 1. The molecular weight excluding hydrogens is 369 g/mol. The molecule has 2 aromatic rings. The van der Waals surface area contributed by atoms with Crippen LogP contribution < -0.4 is 9.47 Å². The van der Waals surface area contributed by atoms with E-state index in [0.29, 0.717) is 18.1 Å². The standard InChI is InChI=1S/C15H14INO3/c1-19-14-8-13(16)12(9-17-18)7-15(14)20-10-11-5-3-2-4-6-11/h2-9,18H,10H2,1H3/b17-9+. The van der Waals surface area contributed by atoms with Crippen LogP contribution in [0.15, 0.2) is 47.6 Å². The Morgan fingerprint density at radius 1 is 1.20 bits per heavy atom. The van der Waals surface area contributed by atoms with Crippen LogP contribution in [0.1, 0.15) is 11.1 Å². The molecule has 0 fully saturated rings. The quantitative estimate of drug-likeness (QED) is 0.371. The molecule has 5 heteroatoms. The normalized spacial score (nSPS) is 10.7. The smallest absolute Gasteiger partial charge is 0.162 e. The predicted molar refractivity (Wildman–Crippen MR) is 85.9 cm³/mol. The van der Waals surface area contributed by atoms with E-state index in [1.54, 1.807) is 13.2 Å². The Morgan fingerprint density at radius 2 is 1.95 bits per heavy atom. The first-order valence-electron chi connectivity index (χ1n) is 5.96. The maximum atomic E-state index is 8.66. The Morgan fingerprint density at radius 3 is 2.60 bits per heavy atom. The van der Waals surface area contributed by atoms with Gasteiger partial charge in [0.1, 0.15) is 6.61 Å². The number of methoxy groups -OCH3 is 1. The van der Waals surface area contributed by atoms with Gasteiger partial charge in [-0.2, -0.15) is 0 Å². The Labute approximate surface area is 131 Å². The maximum absolute atomic E-state index is 8.66. The number of benzene rings is 2. The van der Waals surface area contributed by atoms with Crippen LogP contribution in [0.4, 0.5) is 0 Å². The van der Waals surface area contributed by atoms with Crippen LogP contribution in [0.3, 0.4) is 0 Å². The Hall–Kier alpha value is -1.76. The van der Waals surface area contributed by atoms with Crippen molar-refractivity contribution in [2.24, 2.45) is 5.16 Å². The third-order valence-electron chi connectivity index (χ3n) is 2.72. The number of oxime groups is 1. The van der Waals surface area contributed by atoms with Gasteiger partial charge in [0.2, 0.25) is 0 Å². The van der Waals surface area contributed by atoms with E-state index in [9.17, 15) is 0 Å². The van der Waals surface area contributed by atoms with Crippen LogP contribution in [0.5, 0.6) is 11.5 Å². The zero-order chi connectivity index (χ0) is 14.4. The largest absolute Gasteiger partial charge is 0.493 e. The second-order valence-corrected chi connectivity index (χ2v) is 5.21. The Bertz CT molecular complexity index is 600. The van der Waals surface area contributed by atoms with Crippen molar-refractivity contribution in [3.63, 3.8) is 0 Å². The van der Waals surface area contributed by atoms with Crippen molar-refractivity contribution >= 4 is 28.8 Å². The first-order chi connectivity index (χ1) is 9.74. The fraction of sp³-hybridized carbons (Fsp3) is 0.133. The fourth-order valence-electron chi connectivity index (χ4n) is 1.72. The fourth-order valence-corrected chi connectivity index (χ4v) is 2.30. The van der Waals surface area contributed by atoms with Gasteiger partial charge in [0.25, 0.3) is 0 Å². The number of ether oxygens (including phenoxy) is 2. The van der Waals surface area contributed by atoms with E-state index in [0.717, 1.165) is 14.7 Å². The van der Waals surface area contributed by atoms with Crippen LogP contribution in [0.2, 0.25) is 0 Å². The van der Waals surface area contributed by atoms with Gasteiger partial charge in [-0.25, -0.2) is 0 Å². The molecule has 0 heterocycles. The zero-order valence-electron chi connectivity index (χ0n) is 10.9. The molecule has 0 spiro atoms. The van der Waals surface area contributed by atoms with E-state index in [1.165, 1.54) is 6.21 Å². The van der Waals surface area contributed by atoms with E-state index in [1.807, 2.05) is 36.4 Å². The molecule has 20 heavy (non-hydrogen) atoms. The van der Waals surface area contributed by atoms with E-state index in [-0.39, 0.29) is 0 Å². The van der Waals surface area contributed by atoms with Crippen molar-refractivity contribution < 1.29 is 14.7 Å². The lowest BCUT2D eigenvalue weighted by molar-refractivity contribution is 0.284. The highest BCUT2D eigenvalue weighted by molar-refractivity contribution is 14.1. The molecule has 104 valence electrons. The molecule has 0 aliphatic carbocycles. The first kappa shape index (κ1) is 14.6. The molecule has 0 amide bonds. The molecule has 0 aliphatic rings. The molecule has 0 radical (unpaired) electrons. The van der Waals surface area contributed by atoms with Crippen LogP contribution in [0.25, 0.3) is 0 Å². The molecule has 0 aromatic heterocycles. The average molecular weight is 383 g/mol. The third-order valence-corrected chi connectivity index (χ3v) is 3.65. The Kier molecular flexibility index (Phi) is 5.23. The van der Waals surface area contributed by atoms with Gasteiger partial charge in [-0.3, -0.25) is 0 Å². The summed E-state index contributed by atoms with van der Waals surface area (Å²) in [5.41, 5.74) is 1.85. The van der Waals surface area contributed by atoms with Crippen LogP contribution in [0, 0.1) is 3.57 Å². The summed E-state index contributed by atoms with van der Waals surface area (Å²) < 4.78 is 12.0. The predicted octanol–water partition coefficient (Wildman–Crippen LogP) is 3.69. The van der Waals surface area contributed by atoms with Crippen molar-refractivity contribution in [2.75, 3.05) is 7.11 Å². The molecule has 1 N–H and O–H groups in total. The third kappa shape index (κ3) is 3.63. The number of rotatable bonds is 5. The second-order valence-electron chi connectivity index (χ2n) is 4.04. The van der Waals surface area contributed by atoms with Crippen molar-refractivity contribution in [1.82, 2.24) is 0 Å². The summed E-state index contributed by atoms with van der Waals surface area (Å²) in [4.78, 5) is 0. The lowest BCUT2D eigenvalue weighted by atomic mass is 10.2. The minimum atomic E-state index is 0.452. The summed E-state index contributed by atoms with van der Waals surface area (Å²) in [6, 6.07) is 13.5. The van der Waals surface area contributed by atoms with Crippen molar-refractivity contribution in [3.8, 4) is 11.5 Å². The maximum Gasteiger partial charge on any atom is 0.162 e. The lowest BCUT2D eigenvalue weighted by Gasteiger charge is -2.12. The number of hydrogen-bond donors (Lipinski definition) is 1. The van der Waals surface area contributed by atoms with Crippen molar-refractivity contribution in [1.29, 1.82) is 0 Å². The summed E-state index contributed by atoms with van der Waals surface area (Å²) in [7, 11) is 1.60. The minimum absolute atomic E-state index is 0.452. The molecule has 2 aromatic carbocycles. The Balaban J connectivity index is 2.23. The van der Waals surface area contributed by atoms with Gasteiger partial charge in [-0.15, -0.1) is 0 Å². The molecule has 0 unspecified atom stereocenters. The molecule has 4 nitrogen and oxygen atoms in total. The van der Waals surface area contributed by atoms with Crippen molar-refractivity contribution in [3.05, 3.63) is 57.2 Å². The molecule has 0 atom stereocenters. The van der Waals surface area contributed by atoms with Gasteiger partial charge >= 0.3 is 0 Å². The molecular formula is C15H14INO3. The van der Waals surface area contributed by atoms with Gasteiger partial charge < -0.3 is 14.7 Å². The zero-order valence-corrected chi connectivity index (χ0v) is 13.1. The molecule has 0 aliphatic heterocycles. The van der Waals surface area contributed by atoms with Crippen molar-refractivity contribution in [2.45, 2.75) is 6.61 Å². The van der Waals surface area contributed by atoms with Crippen LogP contribution in [-0.4, -0.2) is 18.5 Å². The summed E-state index contributed by atoms with van der Waals surface area (Å²) in [6.45, 7) is 0.452. The molecule has 0 saturated heterocycles. The minimum Gasteiger partial charge on any atom is -0.493 e. The SMILES string of the molecule is COc1cc(I)c(/C=N/O)cc1OCc1ccccc1. The summed E-state index contributed by atoms with van der Waals surface area (Å²) >= 11 is 2.15. The van der Waals surface area contributed by atoms with Gasteiger partial charge in [0, 0.05) is 9.13 Å². The highest BCUT2D eigenvalue weighted by Gasteiger charge is 2.09. The second kappa shape index (κ2) is 7.14. The van der Waals surface area contributed by atoms with Crippen LogP contribution >= 0.6 is 22.6 Å². The summed E-state index contributed by atoms with van der Waals surface area (Å²) in [6.07, 6.45) is 1.37. The number of hydrogen-bond acceptors (Lipinski definition) is 4. The highest BCUT2D eigenvalue weighted by atomic mass is 127. The molecule has 0 bridgehead atoms.